The molecule has 0 saturated heterocycles. The Balaban J connectivity index is 2.69. The van der Waals surface area contributed by atoms with Crippen LogP contribution in [-0.4, -0.2) is 23.2 Å². The predicted molar refractivity (Wildman–Crippen MR) is 63.9 cm³/mol. The van der Waals surface area contributed by atoms with Crippen molar-refractivity contribution >= 4 is 5.97 Å². The fourth-order valence-corrected chi connectivity index (χ4v) is 2.10. The number of pyridine rings is 1. The van der Waals surface area contributed by atoms with Gasteiger partial charge in [0.25, 0.3) is 0 Å². The second-order valence-electron chi connectivity index (χ2n) is 5.12. The number of esters is 1. The zero-order valence-electron chi connectivity index (χ0n) is 11.0. The lowest BCUT2D eigenvalue weighted by Gasteiger charge is -2.36. The molecule has 0 bridgehead atoms. The van der Waals surface area contributed by atoms with Gasteiger partial charge in [0.05, 0.1) is 18.1 Å². The van der Waals surface area contributed by atoms with E-state index < -0.39 is 17.0 Å². The summed E-state index contributed by atoms with van der Waals surface area (Å²) < 4.78 is 10.4. The van der Waals surface area contributed by atoms with Crippen molar-refractivity contribution in [1.82, 2.24) is 4.98 Å². The van der Waals surface area contributed by atoms with E-state index in [2.05, 4.69) is 4.98 Å². The minimum atomic E-state index is -1.34. The lowest BCUT2D eigenvalue weighted by molar-refractivity contribution is -0.169. The van der Waals surface area contributed by atoms with Crippen molar-refractivity contribution < 1.29 is 19.4 Å². The molecule has 0 saturated carbocycles. The van der Waals surface area contributed by atoms with E-state index in [1.54, 1.807) is 33.0 Å². The minimum Gasteiger partial charge on any atom is -0.481 e. The molecule has 18 heavy (non-hydrogen) atoms. The summed E-state index contributed by atoms with van der Waals surface area (Å²) in [7, 11) is 1.50. The molecular weight excluding hydrogens is 234 g/mol. The maximum Gasteiger partial charge on any atom is 0.315 e. The van der Waals surface area contributed by atoms with Gasteiger partial charge in [-0.3, -0.25) is 4.79 Å². The number of rotatable bonds is 1. The normalized spacial score (nSPS) is 25.9. The first-order chi connectivity index (χ1) is 8.32. The average molecular weight is 251 g/mol. The first kappa shape index (κ1) is 12.8. The summed E-state index contributed by atoms with van der Waals surface area (Å²) >= 11 is 0. The Bertz CT molecular complexity index is 494. The van der Waals surface area contributed by atoms with Crippen LogP contribution >= 0.6 is 0 Å². The Morgan fingerprint density at radius 2 is 2.11 bits per heavy atom. The van der Waals surface area contributed by atoms with Crippen LogP contribution in [0.3, 0.4) is 0 Å². The molecule has 0 spiro atoms. The Morgan fingerprint density at radius 3 is 2.72 bits per heavy atom. The van der Waals surface area contributed by atoms with Crippen molar-refractivity contribution in [2.45, 2.75) is 33.0 Å². The fraction of sp³-hybridized carbons (Fsp3) is 0.538. The van der Waals surface area contributed by atoms with Gasteiger partial charge in [-0.2, -0.15) is 0 Å². The quantitative estimate of drug-likeness (QED) is 0.764. The third kappa shape index (κ3) is 1.58. The molecule has 5 heteroatoms. The van der Waals surface area contributed by atoms with Gasteiger partial charge in [-0.05, 0) is 32.4 Å². The number of nitrogens with zero attached hydrogens (tertiary/aromatic N) is 1. The number of fused-ring (bicyclic) bond motifs is 1. The summed E-state index contributed by atoms with van der Waals surface area (Å²) in [6.45, 7) is 5.00. The van der Waals surface area contributed by atoms with Crippen molar-refractivity contribution in [1.29, 1.82) is 0 Å². The SMILES string of the molecule is COc1nccc2c1COC(=O)C(C)(C)C2(C)O. The maximum absolute atomic E-state index is 12.0. The number of carbonyl (C=O) groups is 1. The smallest absolute Gasteiger partial charge is 0.315 e. The van der Waals surface area contributed by atoms with Crippen LogP contribution in [0.2, 0.25) is 0 Å². The van der Waals surface area contributed by atoms with Crippen LogP contribution in [-0.2, 0) is 21.7 Å². The summed E-state index contributed by atoms with van der Waals surface area (Å²) in [5.41, 5.74) is -1.15. The zero-order valence-corrected chi connectivity index (χ0v) is 11.0. The predicted octanol–water partition coefficient (Wildman–Crippen LogP) is 1.38. The molecular formula is C13H17NO4. The molecule has 1 N–H and O–H groups in total. The lowest BCUT2D eigenvalue weighted by Crippen LogP contribution is -2.44. The number of cyclic esters (lactones) is 1. The molecule has 1 aliphatic rings. The lowest BCUT2D eigenvalue weighted by atomic mass is 9.71. The number of hydrogen-bond acceptors (Lipinski definition) is 5. The van der Waals surface area contributed by atoms with E-state index in [-0.39, 0.29) is 6.61 Å². The summed E-state index contributed by atoms with van der Waals surface area (Å²) in [4.78, 5) is 16.0. The zero-order chi connectivity index (χ0) is 13.6. The molecule has 0 amide bonds. The monoisotopic (exact) mass is 251 g/mol. The molecule has 98 valence electrons. The van der Waals surface area contributed by atoms with E-state index >= 15 is 0 Å². The van der Waals surface area contributed by atoms with E-state index in [1.807, 2.05) is 0 Å². The Hall–Kier alpha value is -1.62. The standard InChI is InChI=1S/C13H17NO4/c1-12(2)11(15)18-7-8-9(13(12,3)16)5-6-14-10(8)17-4/h5-6,16H,7H2,1-4H3. The summed E-state index contributed by atoms with van der Waals surface area (Å²) in [5, 5.41) is 10.7. The topological polar surface area (TPSA) is 68.7 Å². The molecule has 1 aromatic rings. The Morgan fingerprint density at radius 1 is 1.44 bits per heavy atom. The van der Waals surface area contributed by atoms with Crippen LogP contribution in [0.15, 0.2) is 12.3 Å². The third-order valence-electron chi connectivity index (χ3n) is 3.81. The van der Waals surface area contributed by atoms with Crippen LogP contribution in [0, 0.1) is 5.41 Å². The second kappa shape index (κ2) is 3.95. The van der Waals surface area contributed by atoms with Gasteiger partial charge in [0.2, 0.25) is 5.88 Å². The highest BCUT2D eigenvalue weighted by molar-refractivity contribution is 5.79. The first-order valence-electron chi connectivity index (χ1n) is 5.74. The van der Waals surface area contributed by atoms with Gasteiger partial charge in [-0.15, -0.1) is 0 Å². The van der Waals surface area contributed by atoms with Gasteiger partial charge < -0.3 is 14.6 Å². The van der Waals surface area contributed by atoms with Crippen LogP contribution in [0.5, 0.6) is 5.88 Å². The van der Waals surface area contributed by atoms with Crippen molar-refractivity contribution in [2.75, 3.05) is 7.11 Å². The van der Waals surface area contributed by atoms with Gasteiger partial charge in [-0.25, -0.2) is 4.98 Å². The second-order valence-corrected chi connectivity index (χ2v) is 5.12. The van der Waals surface area contributed by atoms with Gasteiger partial charge in [-0.1, -0.05) is 0 Å². The summed E-state index contributed by atoms with van der Waals surface area (Å²) in [6.07, 6.45) is 1.55. The molecule has 1 atom stereocenters. The molecule has 0 aromatic carbocycles. The van der Waals surface area contributed by atoms with Crippen molar-refractivity contribution in [2.24, 2.45) is 5.41 Å². The number of aliphatic hydroxyl groups is 1. The van der Waals surface area contributed by atoms with Crippen LogP contribution in [0.4, 0.5) is 0 Å². The fourth-order valence-electron chi connectivity index (χ4n) is 2.10. The Labute approximate surface area is 106 Å². The number of hydrogen-bond donors (Lipinski definition) is 1. The Kier molecular flexibility index (Phi) is 2.81. The molecule has 0 aliphatic carbocycles. The molecule has 2 heterocycles. The van der Waals surface area contributed by atoms with Crippen LogP contribution in [0.25, 0.3) is 0 Å². The van der Waals surface area contributed by atoms with E-state index in [1.165, 1.54) is 7.11 Å². The number of aromatic nitrogens is 1. The molecule has 1 unspecified atom stereocenters. The van der Waals surface area contributed by atoms with Crippen molar-refractivity contribution in [3.8, 4) is 5.88 Å². The highest BCUT2D eigenvalue weighted by atomic mass is 16.5. The van der Waals surface area contributed by atoms with Crippen LogP contribution < -0.4 is 4.74 Å². The molecule has 1 aromatic heterocycles. The average Bonchev–Trinajstić information content (AvgIpc) is 2.39. The van der Waals surface area contributed by atoms with E-state index in [0.29, 0.717) is 17.0 Å². The number of carbonyl (C=O) groups excluding carboxylic acids is 1. The number of methoxy groups -OCH3 is 1. The first-order valence-corrected chi connectivity index (χ1v) is 5.74. The van der Waals surface area contributed by atoms with E-state index in [9.17, 15) is 9.90 Å². The molecule has 1 aliphatic heterocycles. The molecule has 2 rings (SSSR count). The van der Waals surface area contributed by atoms with Crippen molar-refractivity contribution in [3.63, 3.8) is 0 Å². The van der Waals surface area contributed by atoms with Gasteiger partial charge in [0.15, 0.2) is 0 Å². The highest BCUT2D eigenvalue weighted by Crippen LogP contribution is 2.45. The van der Waals surface area contributed by atoms with Gasteiger partial charge in [0, 0.05) is 6.20 Å². The summed E-state index contributed by atoms with van der Waals surface area (Å²) in [5.74, 6) is -0.0657. The largest absolute Gasteiger partial charge is 0.481 e. The van der Waals surface area contributed by atoms with E-state index in [0.717, 1.165) is 0 Å². The highest BCUT2D eigenvalue weighted by Gasteiger charge is 2.51. The van der Waals surface area contributed by atoms with Gasteiger partial charge >= 0.3 is 5.97 Å². The van der Waals surface area contributed by atoms with Crippen molar-refractivity contribution in [3.05, 3.63) is 23.4 Å². The molecule has 5 nitrogen and oxygen atoms in total. The molecule has 0 fully saturated rings. The third-order valence-corrected chi connectivity index (χ3v) is 3.81. The van der Waals surface area contributed by atoms with E-state index in [4.69, 9.17) is 9.47 Å². The summed E-state index contributed by atoms with van der Waals surface area (Å²) in [6, 6.07) is 1.70. The molecule has 0 radical (unpaired) electrons. The van der Waals surface area contributed by atoms with Crippen LogP contribution in [0.1, 0.15) is 31.9 Å². The number of ether oxygens (including phenoxy) is 2. The maximum atomic E-state index is 12.0. The minimum absolute atomic E-state index is 0.0603. The van der Waals surface area contributed by atoms with Gasteiger partial charge in [0.1, 0.15) is 12.2 Å².